The Kier molecular flexibility index (Phi) is 5.38. The molecule has 0 aromatic heterocycles. The molecule has 0 unspecified atom stereocenters. The van der Waals surface area contributed by atoms with Crippen LogP contribution in [0.1, 0.15) is 41.0 Å². The van der Waals surface area contributed by atoms with Crippen molar-refractivity contribution in [3.63, 3.8) is 0 Å². The van der Waals surface area contributed by atoms with Crippen molar-refractivity contribution in [3.8, 4) is 0 Å². The van der Waals surface area contributed by atoms with E-state index >= 15 is 0 Å². The van der Waals surface area contributed by atoms with Gasteiger partial charge in [0.25, 0.3) is 0 Å². The van der Waals surface area contributed by atoms with Gasteiger partial charge in [-0.15, -0.1) is 0 Å². The Morgan fingerprint density at radius 3 is 2.62 bits per heavy atom. The summed E-state index contributed by atoms with van der Waals surface area (Å²) in [5.41, 5.74) is 0.864. The minimum Gasteiger partial charge on any atom is -0.456 e. The molecular formula is C18H27NO5. The van der Waals surface area contributed by atoms with Crippen LogP contribution in [0, 0.1) is 5.41 Å². The van der Waals surface area contributed by atoms with Crippen LogP contribution in [-0.4, -0.2) is 53.5 Å². The van der Waals surface area contributed by atoms with Crippen molar-refractivity contribution in [2.45, 2.75) is 59.3 Å². The summed E-state index contributed by atoms with van der Waals surface area (Å²) < 4.78 is 10.8. The summed E-state index contributed by atoms with van der Waals surface area (Å²) in [7, 11) is 0. The lowest BCUT2D eigenvalue weighted by Crippen LogP contribution is -2.51. The summed E-state index contributed by atoms with van der Waals surface area (Å²) in [5, 5.41) is 10.7. The van der Waals surface area contributed by atoms with Crippen molar-refractivity contribution in [2.75, 3.05) is 13.2 Å². The first-order valence-corrected chi connectivity index (χ1v) is 8.41. The monoisotopic (exact) mass is 337 g/mol. The molecule has 2 aliphatic rings. The third kappa shape index (κ3) is 3.34. The van der Waals surface area contributed by atoms with Crippen molar-refractivity contribution in [1.29, 1.82) is 0 Å². The first-order chi connectivity index (χ1) is 11.2. The quantitative estimate of drug-likeness (QED) is 0.783. The molecule has 6 nitrogen and oxygen atoms in total. The third-order valence-electron chi connectivity index (χ3n) is 4.33. The number of carbonyl (C=O) groups is 2. The third-order valence-corrected chi connectivity index (χ3v) is 4.33. The van der Waals surface area contributed by atoms with E-state index < -0.39 is 35.7 Å². The molecule has 1 aliphatic heterocycles. The highest BCUT2D eigenvalue weighted by molar-refractivity contribution is 5.76. The van der Waals surface area contributed by atoms with Gasteiger partial charge < -0.3 is 14.6 Å². The first-order valence-electron chi connectivity index (χ1n) is 8.41. The maximum atomic E-state index is 12.3. The summed E-state index contributed by atoms with van der Waals surface area (Å²) in [4.78, 5) is 26.2. The van der Waals surface area contributed by atoms with Gasteiger partial charge in [-0.2, -0.15) is 0 Å². The number of aliphatic hydroxyl groups is 1. The smallest absolute Gasteiger partial charge is 0.410 e. The van der Waals surface area contributed by atoms with E-state index in [0.717, 1.165) is 5.57 Å². The van der Waals surface area contributed by atoms with E-state index in [0.29, 0.717) is 18.5 Å². The van der Waals surface area contributed by atoms with E-state index in [9.17, 15) is 14.7 Å². The van der Waals surface area contributed by atoms with Crippen LogP contribution in [0.15, 0.2) is 23.3 Å². The molecule has 1 fully saturated rings. The fourth-order valence-electron chi connectivity index (χ4n) is 3.13. The Labute approximate surface area is 143 Å². The summed E-state index contributed by atoms with van der Waals surface area (Å²) >= 11 is 0. The average molecular weight is 337 g/mol. The van der Waals surface area contributed by atoms with Gasteiger partial charge in [-0.25, -0.2) is 4.79 Å². The molecule has 3 atom stereocenters. The van der Waals surface area contributed by atoms with Crippen LogP contribution in [0.25, 0.3) is 0 Å². The Bertz CT molecular complexity index is 572. The zero-order valence-electron chi connectivity index (χ0n) is 15.0. The van der Waals surface area contributed by atoms with Crippen molar-refractivity contribution in [3.05, 3.63) is 23.3 Å². The lowest BCUT2D eigenvalue weighted by atomic mass is 9.97. The average Bonchev–Trinajstić information content (AvgIpc) is 2.78. The normalized spacial score (nSPS) is 28.4. The van der Waals surface area contributed by atoms with Gasteiger partial charge in [0, 0.05) is 6.54 Å². The molecule has 0 aromatic carbocycles. The second-order valence-electron chi connectivity index (χ2n) is 7.09. The van der Waals surface area contributed by atoms with E-state index in [1.54, 1.807) is 32.6 Å². The minimum absolute atomic E-state index is 0.270. The van der Waals surface area contributed by atoms with Crippen LogP contribution < -0.4 is 0 Å². The molecule has 1 N–H and O–H groups in total. The number of aliphatic hydroxyl groups excluding tert-OH is 1. The summed E-state index contributed by atoms with van der Waals surface area (Å²) in [6.45, 7) is 9.59. The number of ether oxygens (including phenoxy) is 2. The van der Waals surface area contributed by atoms with Crippen LogP contribution >= 0.6 is 0 Å². The van der Waals surface area contributed by atoms with Gasteiger partial charge in [0.15, 0.2) is 6.10 Å². The highest BCUT2D eigenvalue weighted by Crippen LogP contribution is 2.40. The molecule has 0 radical (unpaired) electrons. The number of nitrogens with zero attached hydrogens (tertiary/aromatic N) is 1. The SMILES string of the molecule is C/C=C1/C2=CCCN(C(=O)OCC)[C@@H]2[C@H](OC(=O)C(C)(C)C)[C@H]1O. The molecule has 2 rings (SSSR count). The van der Waals surface area contributed by atoms with E-state index in [4.69, 9.17) is 9.47 Å². The van der Waals surface area contributed by atoms with Gasteiger partial charge in [0.05, 0.1) is 12.0 Å². The number of rotatable bonds is 2. The number of allylic oxidation sites excluding steroid dienone is 1. The fraction of sp³-hybridized carbons (Fsp3) is 0.667. The number of esters is 1. The lowest BCUT2D eigenvalue weighted by Gasteiger charge is -2.35. The standard InChI is InChI=1S/C18H27NO5/c1-6-11-12-9-8-10-19(17(22)23-7-2)13(12)15(14(11)20)24-16(21)18(3,4)5/h6,9,13-15,20H,7-8,10H2,1-5H3/b11-6-/t13-,14-,15-/m0/s1. The zero-order valence-corrected chi connectivity index (χ0v) is 15.0. The van der Waals surface area contributed by atoms with Gasteiger partial charge in [0.2, 0.25) is 0 Å². The number of hydrogen-bond acceptors (Lipinski definition) is 5. The molecule has 0 saturated heterocycles. The Balaban J connectivity index is 2.37. The molecule has 1 saturated carbocycles. The molecule has 134 valence electrons. The second kappa shape index (κ2) is 6.97. The zero-order chi connectivity index (χ0) is 18.1. The van der Waals surface area contributed by atoms with Crippen molar-refractivity contribution in [2.24, 2.45) is 5.41 Å². The van der Waals surface area contributed by atoms with Crippen LogP contribution in [0.4, 0.5) is 4.79 Å². The molecule has 1 amide bonds. The first kappa shape index (κ1) is 18.5. The van der Waals surface area contributed by atoms with Gasteiger partial charge in [0.1, 0.15) is 12.1 Å². The van der Waals surface area contributed by atoms with Gasteiger partial charge >= 0.3 is 12.1 Å². The lowest BCUT2D eigenvalue weighted by molar-refractivity contribution is -0.165. The predicted molar refractivity (Wildman–Crippen MR) is 89.3 cm³/mol. The molecule has 0 bridgehead atoms. The van der Waals surface area contributed by atoms with Gasteiger partial charge in [-0.05, 0) is 52.2 Å². The maximum Gasteiger partial charge on any atom is 0.410 e. The number of hydrogen-bond donors (Lipinski definition) is 1. The molecule has 24 heavy (non-hydrogen) atoms. The summed E-state index contributed by atoms with van der Waals surface area (Å²) in [6.07, 6.45) is 2.27. The van der Waals surface area contributed by atoms with E-state index in [-0.39, 0.29) is 6.61 Å². The molecule has 1 heterocycles. The van der Waals surface area contributed by atoms with Gasteiger partial charge in [-0.3, -0.25) is 9.69 Å². The summed E-state index contributed by atoms with van der Waals surface area (Å²) in [6, 6.07) is -0.509. The highest BCUT2D eigenvalue weighted by atomic mass is 16.6. The molecule has 0 spiro atoms. The molecule has 1 aliphatic carbocycles. The second-order valence-corrected chi connectivity index (χ2v) is 7.09. The number of fused-ring (bicyclic) bond motifs is 1. The Morgan fingerprint density at radius 1 is 1.42 bits per heavy atom. The predicted octanol–water partition coefficient (Wildman–Crippen LogP) is 2.42. The maximum absolute atomic E-state index is 12.3. The van der Waals surface area contributed by atoms with Crippen LogP contribution in [0.3, 0.4) is 0 Å². The van der Waals surface area contributed by atoms with E-state index in [2.05, 4.69) is 0 Å². The largest absolute Gasteiger partial charge is 0.456 e. The van der Waals surface area contributed by atoms with Gasteiger partial charge in [-0.1, -0.05) is 12.2 Å². The number of amides is 1. The minimum atomic E-state index is -0.951. The molecule has 0 aromatic rings. The van der Waals surface area contributed by atoms with Crippen molar-refractivity contribution < 1.29 is 24.2 Å². The Hall–Kier alpha value is -1.82. The number of carbonyl (C=O) groups excluding carboxylic acids is 2. The molecular weight excluding hydrogens is 310 g/mol. The van der Waals surface area contributed by atoms with Crippen LogP contribution in [0.5, 0.6) is 0 Å². The van der Waals surface area contributed by atoms with Crippen LogP contribution in [0.2, 0.25) is 0 Å². The van der Waals surface area contributed by atoms with Crippen molar-refractivity contribution in [1.82, 2.24) is 4.90 Å². The summed E-state index contributed by atoms with van der Waals surface area (Å²) in [5.74, 6) is -0.405. The Morgan fingerprint density at radius 2 is 2.08 bits per heavy atom. The van der Waals surface area contributed by atoms with E-state index in [1.807, 2.05) is 19.1 Å². The molecule has 6 heteroatoms. The fourth-order valence-corrected chi connectivity index (χ4v) is 3.13. The van der Waals surface area contributed by atoms with Crippen LogP contribution in [-0.2, 0) is 14.3 Å². The highest BCUT2D eigenvalue weighted by Gasteiger charge is 2.51. The topological polar surface area (TPSA) is 76.1 Å². The van der Waals surface area contributed by atoms with E-state index in [1.165, 1.54) is 0 Å². The van der Waals surface area contributed by atoms with Crippen molar-refractivity contribution >= 4 is 12.1 Å².